The number of aryl methyl sites for hydroxylation is 1. The van der Waals surface area contributed by atoms with Crippen molar-refractivity contribution < 1.29 is 28.5 Å². The number of carbonyl (C=O) groups is 2. The van der Waals surface area contributed by atoms with Gasteiger partial charge in [0.15, 0.2) is 17.3 Å². The molecule has 0 saturated carbocycles. The number of pyridine rings is 8. The second-order valence-electron chi connectivity index (χ2n) is 27.7. The Balaban J connectivity index is 0.000000101. The van der Waals surface area contributed by atoms with Crippen LogP contribution in [0.4, 0.5) is 0 Å². The van der Waals surface area contributed by atoms with E-state index in [1.165, 1.54) is 23.8 Å². The van der Waals surface area contributed by atoms with Gasteiger partial charge in [-0.25, -0.2) is 29.7 Å². The molecule has 17 heterocycles. The summed E-state index contributed by atoms with van der Waals surface area (Å²) in [5.41, 5.74) is 29.8. The number of nitrogens with one attached hydrogen (secondary N) is 2. The van der Waals surface area contributed by atoms with E-state index in [-0.39, 0.29) is 18.5 Å². The molecule has 0 radical (unpaired) electrons. The molecule has 0 aliphatic carbocycles. The maximum absolute atomic E-state index is 11.6. The van der Waals surface area contributed by atoms with E-state index in [9.17, 15) is 9.59 Å². The van der Waals surface area contributed by atoms with Crippen LogP contribution in [0.2, 0.25) is 0 Å². The maximum Gasteiger partial charge on any atom is 0.337 e. The van der Waals surface area contributed by atoms with Crippen molar-refractivity contribution in [1.29, 1.82) is 0 Å². The fourth-order valence-corrected chi connectivity index (χ4v) is 14.2. The fraction of sp³-hybridized carbons (Fsp3) is 0.0638. The highest BCUT2D eigenvalue weighted by Gasteiger charge is 2.20. The number of esters is 1. The Morgan fingerprint density at radius 2 is 0.684 bits per heavy atom. The number of Topliss-reactive ketones (excluding diaryl/α,β-unsaturated/α-hetero) is 1. The van der Waals surface area contributed by atoms with E-state index < -0.39 is 0 Å². The third kappa shape index (κ3) is 15.4. The summed E-state index contributed by atoms with van der Waals surface area (Å²) in [6.07, 6.45) is 39.0. The van der Waals surface area contributed by atoms with Crippen LogP contribution in [0.1, 0.15) is 38.8 Å². The maximum atomic E-state index is 11.6. The molecule has 2 aliphatic rings. The number of rotatable bonds is 12. The van der Waals surface area contributed by atoms with E-state index in [2.05, 4.69) is 183 Å². The minimum Gasteiger partial charge on any atom is -0.493 e. The van der Waals surface area contributed by atoms with Gasteiger partial charge >= 0.3 is 5.97 Å². The molecule has 23 nitrogen and oxygen atoms in total. The number of ether oxygens (including phenoxy) is 4. The minimum absolute atomic E-state index is 0.0691. The number of aromatic amines is 2. The van der Waals surface area contributed by atoms with Crippen molar-refractivity contribution >= 4 is 40.0 Å². The number of benzene rings is 5. The van der Waals surface area contributed by atoms with E-state index >= 15 is 0 Å². The Morgan fingerprint density at radius 3 is 1.07 bits per heavy atom. The van der Waals surface area contributed by atoms with Gasteiger partial charge in [0.2, 0.25) is 6.79 Å². The first-order valence-electron chi connectivity index (χ1n) is 37.6. The van der Waals surface area contributed by atoms with Crippen LogP contribution in [0.25, 0.3) is 140 Å². The van der Waals surface area contributed by atoms with E-state index in [1.54, 1.807) is 50.0 Å². The van der Waals surface area contributed by atoms with Gasteiger partial charge in [-0.1, -0.05) is 66.2 Å². The average molecular weight is 1530 g/mol. The number of aromatic nitrogens is 17. The molecule has 0 unspecified atom stereocenters. The normalized spacial score (nSPS) is 11.7. The Morgan fingerprint density at radius 1 is 0.342 bits per heavy atom. The molecule has 0 spiro atoms. The lowest BCUT2D eigenvalue weighted by molar-refractivity contribution is 0.0600. The molecule has 0 saturated heterocycles. The van der Waals surface area contributed by atoms with Crippen molar-refractivity contribution in [2.45, 2.75) is 20.3 Å². The molecule has 22 rings (SSSR count). The highest BCUT2D eigenvalue weighted by Crippen LogP contribution is 2.38. The lowest BCUT2D eigenvalue weighted by Crippen LogP contribution is -2.00. The minimum atomic E-state index is -0.343. The van der Waals surface area contributed by atoms with Crippen LogP contribution in [0.3, 0.4) is 0 Å². The molecule has 117 heavy (non-hydrogen) atoms. The first-order chi connectivity index (χ1) is 57.6. The number of fused-ring (bicyclic) bond motifs is 7. The average Bonchev–Trinajstić information content (AvgIpc) is 1.70. The standard InChI is InChI=1S/C20H15N3O2.2C20H15N3O.C17H12N4O2.C17H14N4/c1-25-20(24)16-4-2-15(3-5-16)18-12-22-19-7-6-17(13-23(18)19)14-8-10-21-11-9-14;1-3-19-16(7-10-24-19)11-15(1)18-12-22-20-4-2-17(13-23(18)20)14-5-8-21-9-6-14;1-14(24)15-2-4-17(5-3-15)19-12-22-20-7-6-18(13-23(19)20)16-8-10-21-11-9-16;1-3-15-16(23-10-22-15)5-11(1)14-8-18-17-4-2-12(9-21(14)17)13-6-19-20-7-13;1-12-2-4-13(5-3-12)16-10-18-17-7-6-14(11-21(16)17)15-8-19-20-9-15/h2-13H,1H3;1-6,8-9,11-13H,7,10H2;2-13H,1H3;1-9H,10H2,(H,19,20);2-11H,1H3,(H,19,20). The Hall–Kier alpha value is -16.0. The molecule has 0 amide bonds. The number of methoxy groups -OCH3 is 1. The Bertz CT molecular complexity index is 6920. The van der Waals surface area contributed by atoms with E-state index in [0.717, 1.165) is 165 Å². The predicted octanol–water partition coefficient (Wildman–Crippen LogP) is 18.9. The number of imidazole rings is 5. The van der Waals surface area contributed by atoms with E-state index in [0.29, 0.717) is 11.1 Å². The van der Waals surface area contributed by atoms with Crippen molar-refractivity contribution in [1.82, 2.24) is 82.3 Å². The lowest BCUT2D eigenvalue weighted by atomic mass is 10.1. The predicted molar refractivity (Wildman–Crippen MR) is 449 cm³/mol. The molecule has 0 fully saturated rings. The van der Waals surface area contributed by atoms with Crippen LogP contribution in [-0.2, 0) is 11.2 Å². The number of nitrogens with zero attached hydrogens (tertiary/aromatic N) is 15. The SMILES string of the molecule is CC(=O)c1ccc(-c2cnc3ccc(-c4ccncc4)cn23)cc1.COC(=O)c1ccc(-c2cnc3ccc(-c4ccncc4)cn23)cc1.Cc1ccc(-c2cnc3ccc(-c4cn[nH]c4)cn23)cc1.c1cc(-c2ccc3ncc(-c4ccc5c(c4)CCO5)n3c2)ccn1.c1cc2ncc(-c3ccc4c(c3)OCO4)n2cc1-c1cn[nH]c1. The lowest BCUT2D eigenvalue weighted by Gasteiger charge is -2.07. The molecule has 5 aromatic carbocycles. The third-order valence-electron chi connectivity index (χ3n) is 20.4. The first-order valence-corrected chi connectivity index (χ1v) is 37.6. The Labute approximate surface area is 669 Å². The first kappa shape index (κ1) is 72.5. The van der Waals surface area contributed by atoms with Gasteiger partial charge in [0, 0.05) is 143 Å². The zero-order chi connectivity index (χ0) is 79.1. The molecular weight excluding hydrogens is 1460 g/mol. The van der Waals surface area contributed by atoms with Crippen molar-refractivity contribution in [3.05, 3.63) is 352 Å². The van der Waals surface area contributed by atoms with Gasteiger partial charge in [-0.3, -0.25) is 51.9 Å². The molecule has 568 valence electrons. The summed E-state index contributed by atoms with van der Waals surface area (Å²) in [5.74, 6) is 2.28. The number of hydrogen-bond donors (Lipinski definition) is 2. The van der Waals surface area contributed by atoms with E-state index in [1.807, 2.05) is 194 Å². The molecule has 20 aromatic rings. The van der Waals surface area contributed by atoms with Gasteiger partial charge in [0.05, 0.1) is 91.1 Å². The summed E-state index contributed by atoms with van der Waals surface area (Å²) in [6, 6.07) is 68.0. The summed E-state index contributed by atoms with van der Waals surface area (Å²) in [4.78, 5) is 57.7. The van der Waals surface area contributed by atoms with Gasteiger partial charge in [0.25, 0.3) is 0 Å². The van der Waals surface area contributed by atoms with Crippen molar-refractivity contribution in [3.8, 4) is 129 Å². The third-order valence-corrected chi connectivity index (χ3v) is 20.4. The molecular formula is C94H71N17O6. The van der Waals surface area contributed by atoms with Crippen LogP contribution in [0, 0.1) is 6.92 Å². The van der Waals surface area contributed by atoms with Crippen molar-refractivity contribution in [3.63, 3.8) is 0 Å². The summed E-state index contributed by atoms with van der Waals surface area (Å²) in [6.45, 7) is 4.72. The number of carbonyl (C=O) groups excluding carboxylic acids is 2. The highest BCUT2D eigenvalue weighted by molar-refractivity contribution is 5.94. The smallest absolute Gasteiger partial charge is 0.337 e. The van der Waals surface area contributed by atoms with Crippen LogP contribution in [0.5, 0.6) is 17.2 Å². The van der Waals surface area contributed by atoms with Gasteiger partial charge in [-0.05, 0) is 198 Å². The summed E-state index contributed by atoms with van der Waals surface area (Å²) in [5, 5.41) is 13.7. The second-order valence-corrected chi connectivity index (χ2v) is 27.7. The number of ketones is 1. The van der Waals surface area contributed by atoms with Gasteiger partial charge in [-0.15, -0.1) is 0 Å². The monoisotopic (exact) mass is 1530 g/mol. The van der Waals surface area contributed by atoms with E-state index in [4.69, 9.17) is 18.9 Å². The largest absolute Gasteiger partial charge is 0.493 e. The molecule has 2 N–H and O–H groups in total. The van der Waals surface area contributed by atoms with Crippen LogP contribution < -0.4 is 14.2 Å². The zero-order valence-corrected chi connectivity index (χ0v) is 63.5. The summed E-state index contributed by atoms with van der Waals surface area (Å²) >= 11 is 0. The topological polar surface area (TPSA) is 254 Å². The molecule has 23 heteroatoms. The highest BCUT2D eigenvalue weighted by atomic mass is 16.7. The molecule has 15 aromatic heterocycles. The quantitative estimate of drug-likeness (QED) is 0.0851. The molecule has 0 bridgehead atoms. The summed E-state index contributed by atoms with van der Waals surface area (Å²) in [7, 11) is 1.38. The number of H-pyrrole nitrogens is 2. The van der Waals surface area contributed by atoms with Crippen molar-refractivity contribution in [2.24, 2.45) is 0 Å². The Kier molecular flexibility index (Phi) is 20.0. The molecule has 2 aliphatic heterocycles. The van der Waals surface area contributed by atoms with Crippen LogP contribution >= 0.6 is 0 Å². The number of hydrogen-bond acceptors (Lipinski definition) is 16. The second kappa shape index (κ2) is 32.3. The zero-order valence-electron chi connectivity index (χ0n) is 63.5. The fourth-order valence-electron chi connectivity index (χ4n) is 14.2. The molecule has 0 atom stereocenters. The van der Waals surface area contributed by atoms with Crippen LogP contribution in [-0.4, -0.2) is 115 Å². The van der Waals surface area contributed by atoms with Crippen LogP contribution in [0.15, 0.2) is 330 Å². The van der Waals surface area contributed by atoms with Crippen molar-refractivity contribution in [2.75, 3.05) is 20.5 Å². The van der Waals surface area contributed by atoms with Gasteiger partial charge in [0.1, 0.15) is 34.0 Å². The van der Waals surface area contributed by atoms with Gasteiger partial charge < -0.3 is 18.9 Å². The summed E-state index contributed by atoms with van der Waals surface area (Å²) < 4.78 is 31.6. The van der Waals surface area contributed by atoms with Gasteiger partial charge in [-0.2, -0.15) is 10.2 Å².